The minimum atomic E-state index is 0.978. The van der Waals surface area contributed by atoms with E-state index in [1.54, 1.807) is 0 Å². The summed E-state index contributed by atoms with van der Waals surface area (Å²) in [6.07, 6.45) is 0. The van der Waals surface area contributed by atoms with Crippen LogP contribution in [0.4, 0.5) is 0 Å². The first-order valence-corrected chi connectivity index (χ1v) is 27.0. The second-order valence-corrected chi connectivity index (χ2v) is 21.4. The summed E-state index contributed by atoms with van der Waals surface area (Å²) >= 11 is 0. The Kier molecular flexibility index (Phi) is 7.68. The fourth-order valence-corrected chi connectivity index (χ4v) is 14.4. The molecule has 0 atom stereocenters. The zero-order valence-corrected chi connectivity index (χ0v) is 41.9. The van der Waals surface area contributed by atoms with Crippen LogP contribution in [0.15, 0.2) is 249 Å². The minimum Gasteiger partial charge on any atom is -0.309 e. The molecule has 7 aromatic heterocycles. The van der Waals surface area contributed by atoms with Gasteiger partial charge in [-0.2, -0.15) is 0 Å². The molecule has 12 aromatic carbocycles. The van der Waals surface area contributed by atoms with Crippen LogP contribution in [-0.2, 0) is 0 Å². The summed E-state index contributed by atoms with van der Waals surface area (Å²) < 4.78 is 9.88. The second kappa shape index (κ2) is 14.7. The highest BCUT2D eigenvalue weighted by molar-refractivity contribution is 6.37. The molecule has 7 heterocycles. The van der Waals surface area contributed by atoms with Gasteiger partial charge >= 0.3 is 0 Å². The van der Waals surface area contributed by atoms with Crippen LogP contribution in [0.2, 0.25) is 0 Å². The van der Waals surface area contributed by atoms with Crippen LogP contribution in [-0.4, -0.2) is 22.9 Å². The molecule has 0 amide bonds. The van der Waals surface area contributed by atoms with E-state index in [4.69, 9.17) is 4.98 Å². The lowest BCUT2D eigenvalue weighted by Crippen LogP contribution is -1.93. The highest BCUT2D eigenvalue weighted by Gasteiger charge is 2.28. The second-order valence-electron chi connectivity index (χ2n) is 21.4. The van der Waals surface area contributed by atoms with Gasteiger partial charge < -0.3 is 13.5 Å². The maximum atomic E-state index is 5.99. The molecule has 5 heteroatoms. The van der Waals surface area contributed by atoms with E-state index in [2.05, 4.69) is 267 Å². The van der Waals surface area contributed by atoms with E-state index >= 15 is 0 Å². The van der Waals surface area contributed by atoms with Gasteiger partial charge in [-0.05, 0) is 112 Å². The van der Waals surface area contributed by atoms with Crippen molar-refractivity contribution >= 4 is 142 Å². The maximum Gasteiger partial charge on any atom is 0.146 e. The average molecular weight is 988 g/mol. The van der Waals surface area contributed by atoms with Gasteiger partial charge in [-0.25, -0.2) is 4.98 Å². The predicted octanol–water partition coefficient (Wildman–Crippen LogP) is 19.2. The number of pyridine rings is 1. The van der Waals surface area contributed by atoms with Crippen LogP contribution in [0, 0.1) is 0 Å². The molecule has 0 spiro atoms. The topological polar surface area (TPSA) is 31.6 Å². The van der Waals surface area contributed by atoms with Crippen molar-refractivity contribution in [3.05, 3.63) is 249 Å². The number of hydrogen-bond acceptors (Lipinski definition) is 1. The molecular weight excluding hydrogens is 947 g/mol. The molecule has 0 unspecified atom stereocenters. The van der Waals surface area contributed by atoms with Crippen molar-refractivity contribution in [3.63, 3.8) is 0 Å². The lowest BCUT2D eigenvalue weighted by molar-refractivity contribution is 1.18. The Hall–Kier alpha value is -10.5. The Bertz CT molecular complexity index is 5790. The molecule has 0 saturated heterocycles. The Balaban J connectivity index is 0.928. The third kappa shape index (κ3) is 5.09. The number of aromatic nitrogens is 5. The third-order valence-corrected chi connectivity index (χ3v) is 17.5. The van der Waals surface area contributed by atoms with E-state index in [0.717, 1.165) is 33.4 Å². The molecule has 0 aliphatic carbocycles. The van der Waals surface area contributed by atoms with Gasteiger partial charge in [0.2, 0.25) is 0 Å². The fraction of sp³-hybridized carbons (Fsp3) is 0. The molecule has 0 aliphatic heterocycles. The Morgan fingerprint density at radius 3 is 1.38 bits per heavy atom. The highest BCUT2D eigenvalue weighted by Crippen LogP contribution is 2.51. The summed E-state index contributed by atoms with van der Waals surface area (Å²) in [7, 11) is 0. The highest BCUT2D eigenvalue weighted by atomic mass is 15.0. The van der Waals surface area contributed by atoms with E-state index in [-0.39, 0.29) is 0 Å². The van der Waals surface area contributed by atoms with E-state index < -0.39 is 0 Å². The molecule has 5 nitrogen and oxygen atoms in total. The number of hydrogen-bond donors (Lipinski definition) is 0. The molecule has 0 fully saturated rings. The zero-order chi connectivity index (χ0) is 50.5. The quantitative estimate of drug-likeness (QED) is 0.173. The van der Waals surface area contributed by atoms with Crippen molar-refractivity contribution < 1.29 is 0 Å². The lowest BCUT2D eigenvalue weighted by Gasteiger charge is -2.12. The van der Waals surface area contributed by atoms with E-state index in [9.17, 15) is 0 Å². The van der Waals surface area contributed by atoms with Gasteiger partial charge in [-0.3, -0.25) is 4.40 Å². The maximum absolute atomic E-state index is 5.99. The molecule has 19 rings (SSSR count). The average Bonchev–Trinajstić information content (AvgIpc) is 3.84. The van der Waals surface area contributed by atoms with Gasteiger partial charge in [0.15, 0.2) is 0 Å². The van der Waals surface area contributed by atoms with Crippen LogP contribution in [0.3, 0.4) is 0 Å². The SMILES string of the molecule is c1ccc(-n2c3ccccc3c3cc(-c4cc5ccccc5c5c6c7ccccc7cc7c8nc9c(cc8n(c45)c76)c4cccc5c6cccc(-c7ccc8c(c7)c7ccccc7n8-c7ccccc7)c6n9c45)ccc32)cc1. The molecule has 0 saturated carbocycles. The Morgan fingerprint density at radius 1 is 0.256 bits per heavy atom. The number of para-hydroxylation sites is 6. The smallest absolute Gasteiger partial charge is 0.146 e. The van der Waals surface area contributed by atoms with E-state index in [1.807, 2.05) is 0 Å². The van der Waals surface area contributed by atoms with Crippen molar-refractivity contribution in [2.24, 2.45) is 0 Å². The third-order valence-electron chi connectivity index (χ3n) is 17.5. The first kappa shape index (κ1) is 40.8. The Labute approximate surface area is 444 Å². The monoisotopic (exact) mass is 987 g/mol. The van der Waals surface area contributed by atoms with Crippen molar-refractivity contribution in [2.45, 2.75) is 0 Å². The number of rotatable bonds is 4. The molecule has 0 radical (unpaired) electrons. The van der Waals surface area contributed by atoms with Gasteiger partial charge in [0, 0.05) is 81.8 Å². The first-order valence-electron chi connectivity index (χ1n) is 27.0. The summed E-state index contributed by atoms with van der Waals surface area (Å²) in [5.41, 5.74) is 19.8. The summed E-state index contributed by atoms with van der Waals surface area (Å²) in [6.45, 7) is 0. The van der Waals surface area contributed by atoms with Crippen molar-refractivity contribution in [1.82, 2.24) is 22.9 Å². The van der Waals surface area contributed by atoms with Crippen LogP contribution in [0.25, 0.3) is 175 Å². The van der Waals surface area contributed by atoms with Crippen LogP contribution >= 0.6 is 0 Å². The molecular formula is C73H41N5. The molecule has 0 N–H and O–H groups in total. The number of nitrogens with zero attached hydrogens (tertiary/aromatic N) is 5. The van der Waals surface area contributed by atoms with E-state index in [0.29, 0.717) is 0 Å². The Morgan fingerprint density at radius 2 is 0.744 bits per heavy atom. The van der Waals surface area contributed by atoms with Gasteiger partial charge in [-0.15, -0.1) is 0 Å². The largest absolute Gasteiger partial charge is 0.309 e. The lowest BCUT2D eigenvalue weighted by atomic mass is 9.93. The molecule has 0 aliphatic rings. The standard InChI is InChI=1S/C73H41N5/c1-3-19-46(20-4-1)75-61-31-13-11-25-51(61)57-38-44(33-35-63(57)75)50-27-15-28-53-54-29-16-30-55-59-41-65-68(74-73(59)78(69(50)53)70(54)55)60-40-43-18-8-10-24-49(43)67-66-48-23-9-7-17-42(48)37-56(71(66)77(65)72(60)67)45-34-36-64-58(39-45)52-26-12-14-32-62(52)76(64)47-21-5-2-6-22-47/h1-41H. The summed E-state index contributed by atoms with van der Waals surface area (Å²) in [4.78, 5) is 5.99. The summed E-state index contributed by atoms with van der Waals surface area (Å²) in [5, 5.41) is 18.4. The molecule has 78 heavy (non-hydrogen) atoms. The van der Waals surface area contributed by atoms with E-state index in [1.165, 1.54) is 142 Å². The van der Waals surface area contributed by atoms with Crippen molar-refractivity contribution in [1.29, 1.82) is 0 Å². The van der Waals surface area contributed by atoms with Gasteiger partial charge in [0.25, 0.3) is 0 Å². The molecule has 19 aromatic rings. The summed E-state index contributed by atoms with van der Waals surface area (Å²) in [6, 6.07) is 92.2. The van der Waals surface area contributed by atoms with Gasteiger partial charge in [-0.1, -0.05) is 170 Å². The number of benzene rings is 12. The number of fused-ring (bicyclic) bond motifs is 22. The first-order chi connectivity index (χ1) is 38.7. The normalized spacial score (nSPS) is 12.6. The summed E-state index contributed by atoms with van der Waals surface area (Å²) in [5.74, 6) is 0. The van der Waals surface area contributed by atoms with Gasteiger partial charge in [0.05, 0.1) is 55.2 Å². The van der Waals surface area contributed by atoms with Crippen molar-refractivity contribution in [2.75, 3.05) is 0 Å². The fourth-order valence-electron chi connectivity index (χ4n) is 14.4. The van der Waals surface area contributed by atoms with Crippen molar-refractivity contribution in [3.8, 4) is 33.6 Å². The predicted molar refractivity (Wildman–Crippen MR) is 328 cm³/mol. The molecule has 0 bridgehead atoms. The zero-order valence-electron chi connectivity index (χ0n) is 41.9. The minimum absolute atomic E-state index is 0.978. The van der Waals surface area contributed by atoms with Crippen LogP contribution in [0.1, 0.15) is 0 Å². The van der Waals surface area contributed by atoms with Crippen LogP contribution < -0.4 is 0 Å². The van der Waals surface area contributed by atoms with Gasteiger partial charge in [0.1, 0.15) is 5.65 Å². The van der Waals surface area contributed by atoms with Crippen LogP contribution in [0.5, 0.6) is 0 Å². The molecule has 358 valence electrons.